The quantitative estimate of drug-likeness (QED) is 0.201. The van der Waals surface area contributed by atoms with E-state index in [9.17, 15) is 4.79 Å². The number of benzene rings is 3. The molecule has 1 amide bonds. The highest BCUT2D eigenvalue weighted by molar-refractivity contribution is 6.35. The average Bonchev–Trinajstić information content (AvgIpc) is 3.42. The van der Waals surface area contributed by atoms with Gasteiger partial charge in [-0.15, -0.1) is 0 Å². The Morgan fingerprint density at radius 1 is 0.905 bits per heavy atom. The van der Waals surface area contributed by atoms with E-state index in [2.05, 4.69) is 27.8 Å². The third kappa shape index (κ3) is 5.73. The maximum absolute atomic E-state index is 12.9. The molecule has 0 aliphatic carbocycles. The molecule has 1 aliphatic heterocycles. The molecule has 0 N–H and O–H groups in total. The molecule has 42 heavy (non-hydrogen) atoms. The summed E-state index contributed by atoms with van der Waals surface area (Å²) in [5.41, 5.74) is 3.91. The molecule has 8 nitrogen and oxygen atoms in total. The van der Waals surface area contributed by atoms with Gasteiger partial charge in [-0.25, -0.2) is 9.97 Å². The largest absolute Gasteiger partial charge is 0.494 e. The van der Waals surface area contributed by atoms with Crippen molar-refractivity contribution < 1.29 is 14.3 Å². The first-order chi connectivity index (χ1) is 20.5. The van der Waals surface area contributed by atoms with Crippen LogP contribution in [0.1, 0.15) is 6.92 Å². The lowest BCUT2D eigenvalue weighted by atomic mass is 10.1. The van der Waals surface area contributed by atoms with Gasteiger partial charge in [0, 0.05) is 48.6 Å². The Kier molecular flexibility index (Phi) is 8.17. The van der Waals surface area contributed by atoms with E-state index in [4.69, 9.17) is 42.6 Å². The second-order valence-corrected chi connectivity index (χ2v) is 10.7. The number of hydrogen-bond acceptors (Lipinski definition) is 6. The summed E-state index contributed by atoms with van der Waals surface area (Å²) in [4.78, 5) is 26.4. The van der Waals surface area contributed by atoms with Gasteiger partial charge in [-0.3, -0.25) is 4.79 Å². The first-order valence-electron chi connectivity index (χ1n) is 13.8. The van der Waals surface area contributed by atoms with Gasteiger partial charge in [0.1, 0.15) is 23.6 Å². The van der Waals surface area contributed by atoms with E-state index in [1.165, 1.54) is 0 Å². The zero-order chi connectivity index (χ0) is 29.1. The van der Waals surface area contributed by atoms with Gasteiger partial charge in [-0.1, -0.05) is 53.5 Å². The molecule has 3 heterocycles. The van der Waals surface area contributed by atoms with E-state index in [-0.39, 0.29) is 12.5 Å². The minimum atomic E-state index is -0.0971. The van der Waals surface area contributed by atoms with Crippen molar-refractivity contribution in [2.45, 2.75) is 6.92 Å². The number of halogens is 2. The molecule has 0 atom stereocenters. The number of anilines is 1. The van der Waals surface area contributed by atoms with Gasteiger partial charge in [0.2, 0.25) is 0 Å². The number of fused-ring (bicyclic) bond motifs is 1. The fraction of sp³-hybridized carbons (Fsp3) is 0.219. The molecule has 214 valence electrons. The van der Waals surface area contributed by atoms with Crippen LogP contribution in [-0.2, 0) is 4.79 Å². The number of rotatable bonds is 8. The third-order valence-corrected chi connectivity index (χ3v) is 7.78. The summed E-state index contributed by atoms with van der Waals surface area (Å²) >= 11 is 12.2. The second-order valence-electron chi connectivity index (χ2n) is 9.83. The monoisotopic (exact) mass is 601 g/mol. The highest BCUT2D eigenvalue weighted by atomic mass is 35.5. The molecule has 3 aromatic carbocycles. The molecular formula is C32H29Cl2N5O3. The molecule has 1 aliphatic rings. The summed E-state index contributed by atoms with van der Waals surface area (Å²) in [6.07, 6.45) is 3.73. The minimum absolute atomic E-state index is 0.0950. The summed E-state index contributed by atoms with van der Waals surface area (Å²) in [6, 6.07) is 23.2. The number of carbonyl (C=O) groups is 1. The van der Waals surface area contributed by atoms with Crippen LogP contribution in [0.5, 0.6) is 11.5 Å². The SMILES string of the molecule is CCOc1ccc(-n2cc(-c3ccccc3)c3c(N4CCN(C(=O)COc5ccc(Cl)cc5Cl)CC4)ncnc32)cc1. The van der Waals surface area contributed by atoms with E-state index in [0.29, 0.717) is 48.6 Å². The number of ether oxygens (including phenoxy) is 2. The fourth-order valence-electron chi connectivity index (χ4n) is 5.18. The molecule has 0 saturated carbocycles. The van der Waals surface area contributed by atoms with Crippen molar-refractivity contribution in [3.63, 3.8) is 0 Å². The number of hydrogen-bond donors (Lipinski definition) is 0. The van der Waals surface area contributed by atoms with Crippen LogP contribution in [-0.4, -0.2) is 64.7 Å². The summed E-state index contributed by atoms with van der Waals surface area (Å²) in [5.74, 6) is 2.01. The van der Waals surface area contributed by atoms with Gasteiger partial charge >= 0.3 is 0 Å². The molecule has 0 spiro atoms. The third-order valence-electron chi connectivity index (χ3n) is 7.25. The van der Waals surface area contributed by atoms with Crippen molar-refractivity contribution in [3.8, 4) is 28.3 Å². The van der Waals surface area contributed by atoms with Crippen molar-refractivity contribution in [1.82, 2.24) is 19.4 Å². The Balaban J connectivity index is 1.25. The molecule has 0 bridgehead atoms. The molecule has 0 radical (unpaired) electrons. The van der Waals surface area contributed by atoms with E-state index < -0.39 is 0 Å². The predicted molar refractivity (Wildman–Crippen MR) is 166 cm³/mol. The average molecular weight is 603 g/mol. The molecule has 1 saturated heterocycles. The standard InChI is InChI=1S/C32H29Cl2N5O3/c1-2-41-25-11-9-24(10-12-25)39-19-26(22-6-4-3-5-7-22)30-31(35-21-36-32(30)39)38-16-14-37(15-17-38)29(40)20-42-28-13-8-23(33)18-27(28)34/h3-13,18-19,21H,2,14-17,20H2,1H3. The Labute approximate surface area is 254 Å². The maximum atomic E-state index is 12.9. The predicted octanol–water partition coefficient (Wildman–Crippen LogP) is 6.52. The summed E-state index contributed by atoms with van der Waals surface area (Å²) < 4.78 is 13.4. The van der Waals surface area contributed by atoms with Gasteiger partial charge in [0.05, 0.1) is 17.0 Å². The zero-order valence-corrected chi connectivity index (χ0v) is 24.6. The summed E-state index contributed by atoms with van der Waals surface area (Å²) in [7, 11) is 0. The van der Waals surface area contributed by atoms with Gasteiger partial charge in [0.25, 0.3) is 5.91 Å². The van der Waals surface area contributed by atoms with Crippen molar-refractivity contribution in [3.05, 3.63) is 95.4 Å². The normalized spacial score (nSPS) is 13.4. The van der Waals surface area contributed by atoms with Crippen LogP contribution in [0, 0.1) is 0 Å². The maximum Gasteiger partial charge on any atom is 0.260 e. The smallest absolute Gasteiger partial charge is 0.260 e. The van der Waals surface area contributed by atoms with E-state index in [0.717, 1.165) is 39.4 Å². The minimum Gasteiger partial charge on any atom is -0.494 e. The topological polar surface area (TPSA) is 72.7 Å². The second kappa shape index (κ2) is 12.3. The van der Waals surface area contributed by atoms with Gasteiger partial charge in [-0.05, 0) is 55.0 Å². The molecule has 2 aromatic heterocycles. The van der Waals surface area contributed by atoms with Gasteiger partial charge in [-0.2, -0.15) is 0 Å². The van der Waals surface area contributed by atoms with Crippen LogP contribution in [0.4, 0.5) is 5.82 Å². The van der Waals surface area contributed by atoms with Crippen molar-refractivity contribution in [2.24, 2.45) is 0 Å². The number of aromatic nitrogens is 3. The summed E-state index contributed by atoms with van der Waals surface area (Å²) in [5, 5.41) is 1.86. The number of piperazine rings is 1. The fourth-order valence-corrected chi connectivity index (χ4v) is 5.64. The van der Waals surface area contributed by atoms with Crippen LogP contribution in [0.25, 0.3) is 27.8 Å². The van der Waals surface area contributed by atoms with Crippen LogP contribution < -0.4 is 14.4 Å². The Morgan fingerprint density at radius 3 is 2.38 bits per heavy atom. The zero-order valence-electron chi connectivity index (χ0n) is 23.0. The van der Waals surface area contributed by atoms with Gasteiger partial charge < -0.3 is 23.8 Å². The first kappa shape index (κ1) is 27.9. The Bertz CT molecular complexity index is 1700. The molecule has 5 aromatic rings. The van der Waals surface area contributed by atoms with Gasteiger partial charge in [0.15, 0.2) is 12.3 Å². The highest BCUT2D eigenvalue weighted by Gasteiger charge is 2.26. The first-order valence-corrected chi connectivity index (χ1v) is 14.5. The molecular weight excluding hydrogens is 573 g/mol. The van der Waals surface area contributed by atoms with Crippen molar-refractivity contribution >= 4 is 46.0 Å². The van der Waals surface area contributed by atoms with Crippen LogP contribution in [0.2, 0.25) is 10.0 Å². The van der Waals surface area contributed by atoms with Crippen molar-refractivity contribution in [2.75, 3.05) is 44.3 Å². The molecule has 10 heteroatoms. The van der Waals surface area contributed by atoms with Crippen LogP contribution in [0.15, 0.2) is 85.3 Å². The number of amides is 1. The van der Waals surface area contributed by atoms with E-state index in [1.807, 2.05) is 54.3 Å². The van der Waals surface area contributed by atoms with E-state index in [1.54, 1.807) is 24.5 Å². The number of carbonyl (C=O) groups excluding carboxylic acids is 1. The van der Waals surface area contributed by atoms with Crippen LogP contribution >= 0.6 is 23.2 Å². The Morgan fingerprint density at radius 2 is 1.67 bits per heavy atom. The molecule has 1 fully saturated rings. The molecule has 6 rings (SSSR count). The van der Waals surface area contributed by atoms with Crippen LogP contribution in [0.3, 0.4) is 0 Å². The lowest BCUT2D eigenvalue weighted by Gasteiger charge is -2.35. The highest BCUT2D eigenvalue weighted by Crippen LogP contribution is 2.37. The summed E-state index contributed by atoms with van der Waals surface area (Å²) in [6.45, 7) is 4.83. The Hall–Kier alpha value is -4.27. The van der Waals surface area contributed by atoms with Crippen molar-refractivity contribution in [1.29, 1.82) is 0 Å². The lowest BCUT2D eigenvalue weighted by Crippen LogP contribution is -2.50. The molecule has 0 unspecified atom stereocenters. The lowest BCUT2D eigenvalue weighted by molar-refractivity contribution is -0.133. The van der Waals surface area contributed by atoms with E-state index >= 15 is 0 Å². The number of nitrogens with zero attached hydrogens (tertiary/aromatic N) is 5.